The fourth-order valence-electron chi connectivity index (χ4n) is 0.599. The first-order chi connectivity index (χ1) is 6.49. The van der Waals surface area contributed by atoms with Crippen LogP contribution in [0.25, 0.3) is 0 Å². The highest BCUT2D eigenvalue weighted by molar-refractivity contribution is 6.35. The van der Waals surface area contributed by atoms with Crippen LogP contribution in [0.4, 0.5) is 0 Å². The number of nitrogens with two attached hydrogens (primary N) is 2. The smallest absolute Gasteiger partial charge is 0.309 e. The topological polar surface area (TPSA) is 127 Å². The number of amides is 3. The van der Waals surface area contributed by atoms with Gasteiger partial charge in [0.1, 0.15) is 6.04 Å². The SMILES string of the molecule is CC(NC(=O)C(=O)NCCN)C(N)=O. The molecule has 0 aliphatic carbocycles. The van der Waals surface area contributed by atoms with Crippen LogP contribution >= 0.6 is 0 Å². The van der Waals surface area contributed by atoms with Crippen LogP contribution in [-0.4, -0.2) is 36.9 Å². The largest absolute Gasteiger partial charge is 0.368 e. The zero-order valence-electron chi connectivity index (χ0n) is 7.87. The standard InChI is InChI=1S/C7H14N4O3/c1-4(5(9)12)11-7(14)6(13)10-3-2-8/h4H,2-3,8H2,1H3,(H2,9,12)(H,10,13)(H,11,14). The van der Waals surface area contributed by atoms with E-state index in [2.05, 4.69) is 10.6 Å². The molecule has 0 aromatic carbocycles. The molecule has 0 aliphatic heterocycles. The second-order valence-electron chi connectivity index (χ2n) is 2.64. The van der Waals surface area contributed by atoms with Crippen LogP contribution in [0.5, 0.6) is 0 Å². The van der Waals surface area contributed by atoms with Crippen molar-refractivity contribution in [2.45, 2.75) is 13.0 Å². The Bertz CT molecular complexity index is 241. The Morgan fingerprint density at radius 1 is 1.29 bits per heavy atom. The average molecular weight is 202 g/mol. The van der Waals surface area contributed by atoms with E-state index in [-0.39, 0.29) is 13.1 Å². The summed E-state index contributed by atoms with van der Waals surface area (Å²) in [4.78, 5) is 32.4. The van der Waals surface area contributed by atoms with Gasteiger partial charge >= 0.3 is 11.8 Å². The zero-order chi connectivity index (χ0) is 11.1. The lowest BCUT2D eigenvalue weighted by Crippen LogP contribution is -2.48. The predicted molar refractivity (Wildman–Crippen MR) is 48.9 cm³/mol. The van der Waals surface area contributed by atoms with E-state index >= 15 is 0 Å². The summed E-state index contributed by atoms with van der Waals surface area (Å²) in [5.74, 6) is -2.43. The summed E-state index contributed by atoms with van der Waals surface area (Å²) in [6.07, 6.45) is 0. The number of hydrogen-bond donors (Lipinski definition) is 4. The number of primary amides is 1. The second-order valence-corrected chi connectivity index (χ2v) is 2.64. The first-order valence-electron chi connectivity index (χ1n) is 4.07. The molecule has 0 aromatic rings. The maximum Gasteiger partial charge on any atom is 0.309 e. The monoisotopic (exact) mass is 202 g/mol. The van der Waals surface area contributed by atoms with E-state index < -0.39 is 23.8 Å². The molecule has 14 heavy (non-hydrogen) atoms. The van der Waals surface area contributed by atoms with Gasteiger partial charge in [-0.1, -0.05) is 0 Å². The molecule has 0 saturated heterocycles. The van der Waals surface area contributed by atoms with Crippen molar-refractivity contribution in [3.63, 3.8) is 0 Å². The summed E-state index contributed by atoms with van der Waals surface area (Å²) in [6.45, 7) is 1.83. The Morgan fingerprint density at radius 2 is 1.86 bits per heavy atom. The van der Waals surface area contributed by atoms with Gasteiger partial charge in [-0.25, -0.2) is 0 Å². The van der Waals surface area contributed by atoms with Gasteiger partial charge in [-0.05, 0) is 6.92 Å². The van der Waals surface area contributed by atoms with Crippen LogP contribution in [0.1, 0.15) is 6.92 Å². The highest BCUT2D eigenvalue weighted by atomic mass is 16.2. The summed E-state index contributed by atoms with van der Waals surface area (Å²) in [5, 5.41) is 4.37. The third-order valence-corrected chi connectivity index (χ3v) is 1.41. The maximum absolute atomic E-state index is 11.0. The molecule has 1 unspecified atom stereocenters. The normalized spacial score (nSPS) is 11.6. The van der Waals surface area contributed by atoms with E-state index in [0.29, 0.717) is 0 Å². The highest BCUT2D eigenvalue weighted by Gasteiger charge is 2.17. The summed E-state index contributed by atoms with van der Waals surface area (Å²) in [5.41, 5.74) is 9.99. The van der Waals surface area contributed by atoms with Gasteiger partial charge in [-0.15, -0.1) is 0 Å². The molecule has 0 fully saturated rings. The van der Waals surface area contributed by atoms with Gasteiger partial charge in [0.15, 0.2) is 0 Å². The number of nitrogens with one attached hydrogen (secondary N) is 2. The second kappa shape index (κ2) is 5.92. The van der Waals surface area contributed by atoms with E-state index in [1.165, 1.54) is 6.92 Å². The number of hydrogen-bond acceptors (Lipinski definition) is 4. The molecule has 80 valence electrons. The average Bonchev–Trinajstić information content (AvgIpc) is 2.13. The van der Waals surface area contributed by atoms with Crippen LogP contribution in [0.2, 0.25) is 0 Å². The van der Waals surface area contributed by atoms with E-state index in [1.807, 2.05) is 0 Å². The van der Waals surface area contributed by atoms with Crippen LogP contribution in [0.15, 0.2) is 0 Å². The minimum absolute atomic E-state index is 0.206. The Kier molecular flexibility index (Phi) is 5.23. The van der Waals surface area contributed by atoms with Gasteiger partial charge in [0, 0.05) is 13.1 Å². The molecule has 7 heteroatoms. The Morgan fingerprint density at radius 3 is 2.29 bits per heavy atom. The fourth-order valence-corrected chi connectivity index (χ4v) is 0.599. The van der Waals surface area contributed by atoms with Crippen molar-refractivity contribution in [3.8, 4) is 0 Å². The fraction of sp³-hybridized carbons (Fsp3) is 0.571. The minimum Gasteiger partial charge on any atom is -0.368 e. The van der Waals surface area contributed by atoms with Crippen molar-refractivity contribution in [3.05, 3.63) is 0 Å². The number of carbonyl (C=O) groups is 3. The third-order valence-electron chi connectivity index (χ3n) is 1.41. The number of rotatable bonds is 4. The van der Waals surface area contributed by atoms with Gasteiger partial charge in [0.05, 0.1) is 0 Å². The van der Waals surface area contributed by atoms with E-state index in [4.69, 9.17) is 11.5 Å². The molecule has 1 atom stereocenters. The lowest BCUT2D eigenvalue weighted by Gasteiger charge is -2.09. The van der Waals surface area contributed by atoms with Gasteiger partial charge < -0.3 is 22.1 Å². The van der Waals surface area contributed by atoms with Crippen LogP contribution in [0, 0.1) is 0 Å². The summed E-state index contributed by atoms with van der Waals surface area (Å²) in [6, 6.07) is -0.869. The van der Waals surface area contributed by atoms with E-state index in [9.17, 15) is 14.4 Å². The zero-order valence-corrected chi connectivity index (χ0v) is 7.87. The van der Waals surface area contributed by atoms with Crippen LogP contribution in [-0.2, 0) is 14.4 Å². The third kappa shape index (κ3) is 4.41. The quantitative estimate of drug-likeness (QED) is 0.363. The lowest BCUT2D eigenvalue weighted by molar-refractivity contribution is -0.140. The van der Waals surface area contributed by atoms with Crippen molar-refractivity contribution < 1.29 is 14.4 Å². The Balaban J connectivity index is 3.95. The van der Waals surface area contributed by atoms with Crippen LogP contribution in [0.3, 0.4) is 0 Å². The number of carbonyl (C=O) groups excluding carboxylic acids is 3. The summed E-state index contributed by atoms with van der Waals surface area (Å²) in [7, 11) is 0. The molecule has 6 N–H and O–H groups in total. The molecule has 0 spiro atoms. The van der Waals surface area contributed by atoms with Crippen molar-refractivity contribution in [2.24, 2.45) is 11.5 Å². The molecule has 0 heterocycles. The van der Waals surface area contributed by atoms with Gasteiger partial charge in [-0.3, -0.25) is 14.4 Å². The molecule has 0 saturated carbocycles. The molecular formula is C7H14N4O3. The Hall–Kier alpha value is -1.63. The van der Waals surface area contributed by atoms with Crippen molar-refractivity contribution >= 4 is 17.7 Å². The molecular weight excluding hydrogens is 188 g/mol. The lowest BCUT2D eigenvalue weighted by atomic mass is 10.3. The first kappa shape index (κ1) is 12.4. The molecule has 0 aromatic heterocycles. The van der Waals surface area contributed by atoms with Crippen molar-refractivity contribution in [1.82, 2.24) is 10.6 Å². The minimum atomic E-state index is -0.898. The predicted octanol–water partition coefficient (Wildman–Crippen LogP) is -2.95. The highest BCUT2D eigenvalue weighted by Crippen LogP contribution is 1.79. The van der Waals surface area contributed by atoms with Gasteiger partial charge in [-0.2, -0.15) is 0 Å². The Labute approximate surface area is 81.2 Å². The van der Waals surface area contributed by atoms with Crippen molar-refractivity contribution in [1.29, 1.82) is 0 Å². The molecule has 0 radical (unpaired) electrons. The molecule has 3 amide bonds. The molecule has 7 nitrogen and oxygen atoms in total. The van der Waals surface area contributed by atoms with Crippen molar-refractivity contribution in [2.75, 3.05) is 13.1 Å². The van der Waals surface area contributed by atoms with E-state index in [1.54, 1.807) is 0 Å². The van der Waals surface area contributed by atoms with Gasteiger partial charge in [0.2, 0.25) is 5.91 Å². The van der Waals surface area contributed by atoms with E-state index in [0.717, 1.165) is 0 Å². The summed E-state index contributed by atoms with van der Waals surface area (Å²) >= 11 is 0. The maximum atomic E-state index is 11.0. The first-order valence-corrected chi connectivity index (χ1v) is 4.07. The van der Waals surface area contributed by atoms with Crippen LogP contribution < -0.4 is 22.1 Å². The molecule has 0 rings (SSSR count). The molecule has 0 bridgehead atoms. The van der Waals surface area contributed by atoms with Gasteiger partial charge in [0.25, 0.3) is 0 Å². The summed E-state index contributed by atoms with van der Waals surface area (Å²) < 4.78 is 0. The molecule has 0 aliphatic rings.